The zero-order valence-electron chi connectivity index (χ0n) is 13.0. The molecule has 24 heavy (non-hydrogen) atoms. The number of halogens is 2. The van der Waals surface area contributed by atoms with E-state index in [1.165, 1.54) is 17.8 Å². The number of hydrogen-bond donors (Lipinski definition) is 1. The zero-order chi connectivity index (χ0) is 17.5. The number of rotatable bonds is 6. The summed E-state index contributed by atoms with van der Waals surface area (Å²) in [5.74, 6) is -1.06. The standard InChI is InChI=1S/C17H16Cl2N2O3/c1-11-4-2-3-5-12(11)6-7-20-15(22)10-24-17(23)13-8-14(18)16(19)21-9-13/h2-5,8-9H,6-7,10H2,1H3,(H,20,22). The lowest BCUT2D eigenvalue weighted by Gasteiger charge is -2.08. The average Bonchev–Trinajstić information content (AvgIpc) is 2.57. The van der Waals surface area contributed by atoms with Gasteiger partial charge in [0.15, 0.2) is 6.61 Å². The van der Waals surface area contributed by atoms with Gasteiger partial charge in [-0.2, -0.15) is 0 Å². The summed E-state index contributed by atoms with van der Waals surface area (Å²) in [5.41, 5.74) is 2.47. The number of pyridine rings is 1. The summed E-state index contributed by atoms with van der Waals surface area (Å²) in [6.45, 7) is 2.12. The predicted molar refractivity (Wildman–Crippen MR) is 92.4 cm³/mol. The number of amides is 1. The molecule has 0 aliphatic carbocycles. The van der Waals surface area contributed by atoms with E-state index in [2.05, 4.69) is 10.3 Å². The fraction of sp³-hybridized carbons (Fsp3) is 0.235. The second-order valence-electron chi connectivity index (χ2n) is 5.10. The van der Waals surface area contributed by atoms with Gasteiger partial charge in [0, 0.05) is 12.7 Å². The van der Waals surface area contributed by atoms with Gasteiger partial charge in [0.25, 0.3) is 5.91 Å². The molecule has 0 saturated carbocycles. The lowest BCUT2D eigenvalue weighted by atomic mass is 10.1. The van der Waals surface area contributed by atoms with Gasteiger partial charge in [-0.1, -0.05) is 47.5 Å². The van der Waals surface area contributed by atoms with Gasteiger partial charge in [-0.05, 0) is 30.5 Å². The number of aryl methyl sites for hydroxylation is 1. The van der Waals surface area contributed by atoms with E-state index < -0.39 is 5.97 Å². The normalized spacial score (nSPS) is 10.3. The average molecular weight is 367 g/mol. The summed E-state index contributed by atoms with van der Waals surface area (Å²) < 4.78 is 4.92. The number of nitrogens with zero attached hydrogens (tertiary/aromatic N) is 1. The number of hydrogen-bond acceptors (Lipinski definition) is 4. The first-order chi connectivity index (χ1) is 11.5. The van der Waals surface area contributed by atoms with Gasteiger partial charge in [-0.3, -0.25) is 4.79 Å². The predicted octanol–water partition coefficient (Wildman–Crippen LogP) is 3.21. The van der Waals surface area contributed by atoms with Crippen LogP contribution >= 0.6 is 23.2 Å². The van der Waals surface area contributed by atoms with Crippen LogP contribution in [0.5, 0.6) is 0 Å². The second kappa shape index (κ2) is 8.66. The minimum Gasteiger partial charge on any atom is -0.452 e. The highest BCUT2D eigenvalue weighted by Crippen LogP contribution is 2.20. The van der Waals surface area contributed by atoms with E-state index in [1.807, 2.05) is 31.2 Å². The van der Waals surface area contributed by atoms with Crippen molar-refractivity contribution in [3.63, 3.8) is 0 Å². The SMILES string of the molecule is Cc1ccccc1CCNC(=O)COC(=O)c1cnc(Cl)c(Cl)c1. The Kier molecular flexibility index (Phi) is 6.58. The number of ether oxygens (including phenoxy) is 1. The molecule has 0 fully saturated rings. The van der Waals surface area contributed by atoms with Crippen LogP contribution in [0.1, 0.15) is 21.5 Å². The van der Waals surface area contributed by atoms with Crippen LogP contribution in [0.25, 0.3) is 0 Å². The molecule has 1 N–H and O–H groups in total. The number of carbonyl (C=O) groups excluding carboxylic acids is 2. The van der Waals surface area contributed by atoms with Crippen molar-refractivity contribution in [2.24, 2.45) is 0 Å². The molecule has 2 rings (SSSR count). The van der Waals surface area contributed by atoms with Gasteiger partial charge >= 0.3 is 5.97 Å². The Balaban J connectivity index is 1.75. The Bertz CT molecular complexity index is 750. The smallest absolute Gasteiger partial charge is 0.340 e. The highest BCUT2D eigenvalue weighted by atomic mass is 35.5. The van der Waals surface area contributed by atoms with E-state index in [0.29, 0.717) is 13.0 Å². The Hall–Kier alpha value is -2.11. The molecule has 1 heterocycles. The van der Waals surface area contributed by atoms with Gasteiger partial charge < -0.3 is 10.1 Å². The fourth-order valence-corrected chi connectivity index (χ4v) is 2.30. The third-order valence-electron chi connectivity index (χ3n) is 3.34. The third-order valence-corrected chi connectivity index (χ3v) is 4.03. The van der Waals surface area contributed by atoms with E-state index in [4.69, 9.17) is 27.9 Å². The van der Waals surface area contributed by atoms with Crippen molar-refractivity contribution in [3.05, 3.63) is 63.4 Å². The van der Waals surface area contributed by atoms with E-state index >= 15 is 0 Å². The maximum atomic E-state index is 11.8. The summed E-state index contributed by atoms with van der Waals surface area (Å²) in [4.78, 5) is 27.3. The summed E-state index contributed by atoms with van der Waals surface area (Å²) in [5, 5.41) is 2.95. The van der Waals surface area contributed by atoms with Crippen LogP contribution in [0.15, 0.2) is 36.5 Å². The van der Waals surface area contributed by atoms with Crippen molar-refractivity contribution in [3.8, 4) is 0 Å². The minimum atomic E-state index is -0.685. The fourth-order valence-electron chi connectivity index (χ4n) is 2.03. The molecule has 1 aromatic carbocycles. The van der Waals surface area contributed by atoms with E-state index in [9.17, 15) is 9.59 Å². The molecule has 0 saturated heterocycles. The minimum absolute atomic E-state index is 0.0992. The van der Waals surface area contributed by atoms with Crippen LogP contribution < -0.4 is 5.32 Å². The molecule has 2 aromatic rings. The maximum Gasteiger partial charge on any atom is 0.340 e. The molecule has 126 valence electrons. The monoisotopic (exact) mass is 366 g/mol. The highest BCUT2D eigenvalue weighted by molar-refractivity contribution is 6.41. The van der Waals surface area contributed by atoms with E-state index in [0.717, 1.165) is 5.56 Å². The van der Waals surface area contributed by atoms with Gasteiger partial charge in [0.1, 0.15) is 5.15 Å². The molecular weight excluding hydrogens is 351 g/mol. The van der Waals surface area contributed by atoms with Gasteiger partial charge in [0.2, 0.25) is 0 Å². The molecule has 5 nitrogen and oxygen atoms in total. The topological polar surface area (TPSA) is 68.3 Å². The van der Waals surface area contributed by atoms with Crippen LogP contribution in [-0.2, 0) is 16.0 Å². The summed E-state index contributed by atoms with van der Waals surface area (Å²) >= 11 is 11.5. The van der Waals surface area contributed by atoms with Crippen LogP contribution in [0.4, 0.5) is 0 Å². The summed E-state index contributed by atoms with van der Waals surface area (Å²) in [6, 6.07) is 9.30. The highest BCUT2D eigenvalue weighted by Gasteiger charge is 2.12. The quantitative estimate of drug-likeness (QED) is 0.629. The number of nitrogens with one attached hydrogen (secondary N) is 1. The van der Waals surface area contributed by atoms with Crippen molar-refractivity contribution >= 4 is 35.1 Å². The number of carbonyl (C=O) groups is 2. The zero-order valence-corrected chi connectivity index (χ0v) is 14.5. The Morgan fingerprint density at radius 2 is 2.00 bits per heavy atom. The van der Waals surface area contributed by atoms with Gasteiger partial charge in [0.05, 0.1) is 10.6 Å². The van der Waals surface area contributed by atoms with Gasteiger partial charge in [-0.15, -0.1) is 0 Å². The van der Waals surface area contributed by atoms with Crippen LogP contribution in [0, 0.1) is 6.92 Å². The first-order valence-electron chi connectivity index (χ1n) is 7.26. The molecular formula is C17H16Cl2N2O3. The Labute approximate surface area is 149 Å². The first-order valence-corrected chi connectivity index (χ1v) is 8.02. The van der Waals surface area contributed by atoms with Crippen LogP contribution in [0.2, 0.25) is 10.2 Å². The summed E-state index contributed by atoms with van der Waals surface area (Å²) in [6.07, 6.45) is 1.95. The summed E-state index contributed by atoms with van der Waals surface area (Å²) in [7, 11) is 0. The van der Waals surface area contributed by atoms with Crippen molar-refractivity contribution in [1.29, 1.82) is 0 Å². The molecule has 0 aliphatic rings. The molecule has 0 spiro atoms. The molecule has 0 atom stereocenters. The lowest BCUT2D eigenvalue weighted by Crippen LogP contribution is -2.30. The maximum absolute atomic E-state index is 11.8. The van der Waals surface area contributed by atoms with E-state index in [-0.39, 0.29) is 28.3 Å². The number of aromatic nitrogens is 1. The second-order valence-corrected chi connectivity index (χ2v) is 5.86. The van der Waals surface area contributed by atoms with E-state index in [1.54, 1.807) is 0 Å². The molecule has 1 amide bonds. The largest absolute Gasteiger partial charge is 0.452 e. The molecule has 0 aliphatic heterocycles. The van der Waals surface area contributed by atoms with Gasteiger partial charge in [-0.25, -0.2) is 9.78 Å². The lowest BCUT2D eigenvalue weighted by molar-refractivity contribution is -0.124. The van der Waals surface area contributed by atoms with Crippen LogP contribution in [-0.4, -0.2) is 30.0 Å². The number of esters is 1. The van der Waals surface area contributed by atoms with Crippen molar-refractivity contribution in [2.75, 3.05) is 13.2 Å². The van der Waals surface area contributed by atoms with Crippen molar-refractivity contribution < 1.29 is 14.3 Å². The van der Waals surface area contributed by atoms with Crippen molar-refractivity contribution in [2.45, 2.75) is 13.3 Å². The Morgan fingerprint density at radius 3 is 2.71 bits per heavy atom. The molecule has 1 aromatic heterocycles. The third kappa shape index (κ3) is 5.22. The first kappa shape index (κ1) is 18.2. The Morgan fingerprint density at radius 1 is 1.25 bits per heavy atom. The van der Waals surface area contributed by atoms with Crippen molar-refractivity contribution in [1.82, 2.24) is 10.3 Å². The molecule has 0 radical (unpaired) electrons. The molecule has 0 bridgehead atoms. The number of benzene rings is 1. The molecule has 0 unspecified atom stereocenters. The molecule has 7 heteroatoms. The van der Waals surface area contributed by atoms with Crippen LogP contribution in [0.3, 0.4) is 0 Å².